The molecule has 0 radical (unpaired) electrons. The molecule has 1 fully saturated rings. The number of anilines is 1. The Kier molecular flexibility index (Phi) is 10.8. The molecule has 3 aromatic rings. The van der Waals surface area contributed by atoms with Crippen molar-refractivity contribution in [3.63, 3.8) is 0 Å². The van der Waals surface area contributed by atoms with E-state index in [0.717, 1.165) is 6.07 Å². The lowest BCUT2D eigenvalue weighted by molar-refractivity contribution is -0.0271. The highest BCUT2D eigenvalue weighted by atomic mass is 31.2. The molecule has 4 rings (SSSR count). The summed E-state index contributed by atoms with van der Waals surface area (Å²) < 4.78 is 56.0. The monoisotopic (exact) mass is 646 g/mol. The van der Waals surface area contributed by atoms with Gasteiger partial charge in [-0.1, -0.05) is 17.2 Å². The number of aryl methyl sites for hydroxylation is 1. The maximum Gasteiger partial charge on any atom is 0.360 e. The molecule has 0 amide bonds. The van der Waals surface area contributed by atoms with Gasteiger partial charge in [-0.15, -0.1) is 0 Å². The van der Waals surface area contributed by atoms with Crippen LogP contribution in [0.4, 0.5) is 14.5 Å². The number of hydrogen-bond acceptors (Lipinski definition) is 8. The maximum atomic E-state index is 13.8. The molecule has 7 N–H and O–H groups in total. The van der Waals surface area contributed by atoms with Crippen LogP contribution >= 0.6 is 15.2 Å². The quantitative estimate of drug-likeness (QED) is 0.0809. The van der Waals surface area contributed by atoms with Crippen LogP contribution in [0.1, 0.15) is 18.2 Å². The van der Waals surface area contributed by atoms with Crippen molar-refractivity contribution in [1.82, 2.24) is 9.55 Å². The molecule has 43 heavy (non-hydrogen) atoms. The highest BCUT2D eigenvalue weighted by Crippen LogP contribution is 2.59. The smallest absolute Gasteiger partial charge is 0.360 e. The van der Waals surface area contributed by atoms with E-state index in [0.29, 0.717) is 11.6 Å². The second-order valence-electron chi connectivity index (χ2n) is 9.20. The van der Waals surface area contributed by atoms with Crippen molar-refractivity contribution < 1.29 is 47.3 Å². The Labute approximate surface area is 240 Å². The Balaban J connectivity index is 0.000000242. The zero-order chi connectivity index (χ0) is 32.1. The Bertz CT molecular complexity index is 1710. The number of aromatic amines is 1. The van der Waals surface area contributed by atoms with Crippen molar-refractivity contribution >= 4 is 20.9 Å². The standard InChI is InChI=1S/C13H13F2NO6P2.C10H13N5O4/c14-9-4-5-11(12(15)7-9)8-2-1-3-10(6-8)16-13(23(17,18)19)24(20,21)22;1-5-3-15(10(18)12-9(5)17)8-2-6(13-14-11)7(4-16)19-8/h1-7,13,16H,(H2,17,18,19)(H2,20,21,22);3,6-8,16H,2,4H2,1H3,(H,12,17,18)/t;6-,7+,8+/m.0/s1. The van der Waals surface area contributed by atoms with E-state index < -0.39 is 62.0 Å². The lowest BCUT2D eigenvalue weighted by Gasteiger charge is -2.22. The third-order valence-corrected chi connectivity index (χ3v) is 9.42. The fourth-order valence-corrected chi connectivity index (χ4v) is 6.25. The summed E-state index contributed by atoms with van der Waals surface area (Å²) in [5.74, 6) is -1.62. The number of aliphatic hydroxyl groups is 1. The number of nitrogens with one attached hydrogen (secondary N) is 2. The molecule has 1 aromatic heterocycles. The first kappa shape index (κ1) is 33.8. The van der Waals surface area contributed by atoms with Crippen LogP contribution in [-0.4, -0.2) is 58.5 Å². The normalized spacial score (nSPS) is 18.5. The van der Waals surface area contributed by atoms with Crippen LogP contribution in [0.15, 0.2) is 63.4 Å². The van der Waals surface area contributed by atoms with Crippen molar-refractivity contribution in [2.75, 3.05) is 11.9 Å². The lowest BCUT2D eigenvalue weighted by atomic mass is 10.0. The fraction of sp³-hybridized carbons (Fsp3) is 0.304. The minimum atomic E-state index is -5.16. The van der Waals surface area contributed by atoms with Gasteiger partial charge in [-0.25, -0.2) is 13.6 Å². The molecule has 0 spiro atoms. The molecule has 3 atom stereocenters. The van der Waals surface area contributed by atoms with Crippen molar-refractivity contribution in [2.24, 2.45) is 5.11 Å². The van der Waals surface area contributed by atoms with Crippen molar-refractivity contribution in [2.45, 2.75) is 37.2 Å². The number of H-pyrrole nitrogens is 1. The molecule has 20 heteroatoms. The summed E-state index contributed by atoms with van der Waals surface area (Å²) in [6.45, 7) is 1.26. The van der Waals surface area contributed by atoms with Gasteiger partial charge in [0.25, 0.3) is 5.56 Å². The first-order valence-corrected chi connectivity index (χ1v) is 15.5. The molecule has 16 nitrogen and oxygen atoms in total. The Hall–Kier alpha value is -3.69. The largest absolute Gasteiger partial charge is 0.394 e. The summed E-state index contributed by atoms with van der Waals surface area (Å²) >= 11 is 0. The van der Waals surface area contributed by atoms with Gasteiger partial charge < -0.3 is 34.7 Å². The van der Waals surface area contributed by atoms with Crippen molar-refractivity contribution in [3.05, 3.63) is 97.1 Å². The fourth-order valence-electron chi connectivity index (χ4n) is 4.05. The lowest BCUT2D eigenvalue weighted by Crippen LogP contribution is -2.33. The van der Waals surface area contributed by atoms with Crippen molar-refractivity contribution in [1.29, 1.82) is 0 Å². The van der Waals surface area contributed by atoms with Gasteiger partial charge in [0.15, 0.2) is 0 Å². The third kappa shape index (κ3) is 8.67. The first-order valence-electron chi connectivity index (χ1n) is 12.1. The average Bonchev–Trinajstić information content (AvgIpc) is 3.31. The minimum Gasteiger partial charge on any atom is -0.394 e. The molecule has 0 saturated carbocycles. The van der Waals surface area contributed by atoms with Gasteiger partial charge in [0, 0.05) is 40.4 Å². The summed E-state index contributed by atoms with van der Waals surface area (Å²) in [6, 6.07) is 7.70. The Morgan fingerprint density at radius 3 is 2.42 bits per heavy atom. The topological polar surface area (TPSA) is 260 Å². The molecule has 1 saturated heterocycles. The van der Waals surface area contributed by atoms with Gasteiger partial charge >= 0.3 is 20.9 Å². The summed E-state index contributed by atoms with van der Waals surface area (Å²) in [7, 11) is -10.3. The predicted molar refractivity (Wildman–Crippen MR) is 148 cm³/mol. The Morgan fingerprint density at radius 2 is 1.84 bits per heavy atom. The number of ether oxygens (including phenoxy) is 1. The molecule has 2 heterocycles. The van der Waals surface area contributed by atoms with E-state index in [2.05, 4.69) is 20.3 Å². The number of aliphatic hydroxyl groups excluding tert-OH is 1. The van der Waals surface area contributed by atoms with Crippen LogP contribution in [0.5, 0.6) is 0 Å². The molecular formula is C23H26F2N6O10P2. The van der Waals surface area contributed by atoms with E-state index in [4.69, 9.17) is 34.9 Å². The van der Waals surface area contributed by atoms with E-state index in [9.17, 15) is 27.5 Å². The van der Waals surface area contributed by atoms with Crippen LogP contribution in [0.3, 0.4) is 0 Å². The minimum absolute atomic E-state index is 0.0176. The van der Waals surface area contributed by atoms with Crippen LogP contribution < -0.4 is 16.6 Å². The molecule has 232 valence electrons. The number of rotatable bonds is 8. The van der Waals surface area contributed by atoms with Gasteiger partial charge in [-0.2, -0.15) is 0 Å². The second-order valence-corrected chi connectivity index (χ2v) is 13.0. The number of aromatic nitrogens is 2. The number of halogens is 2. The van der Waals surface area contributed by atoms with Gasteiger partial charge in [-0.05, 0) is 42.3 Å². The van der Waals surface area contributed by atoms with Crippen LogP contribution in [0, 0.1) is 18.6 Å². The second kappa shape index (κ2) is 13.7. The van der Waals surface area contributed by atoms with E-state index >= 15 is 0 Å². The third-order valence-electron chi connectivity index (χ3n) is 6.08. The summed E-state index contributed by atoms with van der Waals surface area (Å²) in [5, 5.41) is 14.7. The molecule has 1 aliphatic rings. The molecular weight excluding hydrogens is 620 g/mol. The number of hydrogen-bond donors (Lipinski definition) is 7. The van der Waals surface area contributed by atoms with Gasteiger partial charge in [0.05, 0.1) is 18.8 Å². The highest BCUT2D eigenvalue weighted by Gasteiger charge is 2.43. The highest BCUT2D eigenvalue weighted by molar-refractivity contribution is 7.71. The maximum absolute atomic E-state index is 13.8. The van der Waals surface area contributed by atoms with Gasteiger partial charge in [-0.3, -0.25) is 23.5 Å². The van der Waals surface area contributed by atoms with E-state index in [1.807, 2.05) is 0 Å². The van der Waals surface area contributed by atoms with Crippen LogP contribution in [-0.2, 0) is 13.9 Å². The molecule has 0 bridgehead atoms. The Morgan fingerprint density at radius 1 is 1.16 bits per heavy atom. The number of benzene rings is 2. The van der Waals surface area contributed by atoms with E-state index in [-0.39, 0.29) is 29.8 Å². The molecule has 0 aliphatic carbocycles. The molecule has 0 unspecified atom stereocenters. The van der Waals surface area contributed by atoms with Gasteiger partial charge in [0.1, 0.15) is 17.9 Å². The number of nitrogens with zero attached hydrogens (tertiary/aromatic N) is 4. The molecule has 2 aromatic carbocycles. The van der Waals surface area contributed by atoms with Crippen molar-refractivity contribution in [3.8, 4) is 11.1 Å². The van der Waals surface area contributed by atoms with E-state index in [1.165, 1.54) is 41.1 Å². The predicted octanol–water partition coefficient (Wildman–Crippen LogP) is 2.49. The van der Waals surface area contributed by atoms with Gasteiger partial charge in [0.2, 0.25) is 5.52 Å². The summed E-state index contributed by atoms with van der Waals surface area (Å²) in [4.78, 5) is 64.2. The summed E-state index contributed by atoms with van der Waals surface area (Å²) in [5.41, 5.74) is 5.52. The average molecular weight is 646 g/mol. The first-order chi connectivity index (χ1) is 20.0. The SMILES string of the molecule is Cc1cn([C@H]2C[C@H](N=[N+]=[N-])[C@@H](CO)O2)c(=O)[nH]c1=O.O=P(O)(O)C(Nc1cccc(-c2ccc(F)cc2F)c1)P(=O)(O)O. The van der Waals surface area contributed by atoms with Crippen LogP contribution in [0.2, 0.25) is 0 Å². The van der Waals surface area contributed by atoms with E-state index in [1.54, 1.807) is 6.92 Å². The zero-order valence-corrected chi connectivity index (χ0v) is 23.8. The van der Waals surface area contributed by atoms with Crippen LogP contribution in [0.25, 0.3) is 21.6 Å². The molecule has 1 aliphatic heterocycles. The summed E-state index contributed by atoms with van der Waals surface area (Å²) in [6.07, 6.45) is 0.329. The number of azide groups is 1. The zero-order valence-electron chi connectivity index (χ0n) is 22.1.